The fourth-order valence-corrected chi connectivity index (χ4v) is 2.86. The molecule has 0 aliphatic carbocycles. The summed E-state index contributed by atoms with van der Waals surface area (Å²) in [7, 11) is 0. The van der Waals surface area contributed by atoms with Crippen molar-refractivity contribution in [3.05, 3.63) is 29.3 Å². The van der Waals surface area contributed by atoms with Crippen molar-refractivity contribution in [2.45, 2.75) is 31.4 Å². The molecule has 0 amide bonds. The molecule has 2 aliphatic heterocycles. The van der Waals surface area contributed by atoms with Gasteiger partial charge in [0.05, 0.1) is 0 Å². The molecular weight excluding hydrogens is 200 g/mol. The van der Waals surface area contributed by atoms with Gasteiger partial charge < -0.3 is 15.8 Å². The first-order valence-electron chi connectivity index (χ1n) is 5.95. The molecular formula is C13H18N2O. The Balaban J connectivity index is 2.04. The summed E-state index contributed by atoms with van der Waals surface area (Å²) in [5.41, 5.74) is 8.56. The summed E-state index contributed by atoms with van der Waals surface area (Å²) in [6.07, 6.45) is 1.99. The summed E-state index contributed by atoms with van der Waals surface area (Å²) < 4.78 is 6.24. The highest BCUT2D eigenvalue weighted by Crippen LogP contribution is 2.42. The first kappa shape index (κ1) is 10.1. The minimum Gasteiger partial charge on any atom is -0.485 e. The molecule has 2 heterocycles. The van der Waals surface area contributed by atoms with Gasteiger partial charge in [-0.05, 0) is 19.0 Å². The monoisotopic (exact) mass is 218 g/mol. The standard InChI is InChI=1S/C13H18N2O/c1-9-3-2-4-10-11(14)7-13(16-12(9)10)5-6-15-8-13/h2-4,11,15H,5-8,14H2,1H3. The fraction of sp³-hybridized carbons (Fsp3) is 0.538. The highest BCUT2D eigenvalue weighted by Gasteiger charge is 2.42. The third kappa shape index (κ3) is 1.43. The van der Waals surface area contributed by atoms with E-state index in [1.165, 1.54) is 5.56 Å². The van der Waals surface area contributed by atoms with Gasteiger partial charge in [-0.1, -0.05) is 18.2 Å². The van der Waals surface area contributed by atoms with Crippen molar-refractivity contribution in [2.24, 2.45) is 5.73 Å². The number of para-hydroxylation sites is 1. The highest BCUT2D eigenvalue weighted by molar-refractivity contribution is 5.45. The summed E-state index contributed by atoms with van der Waals surface area (Å²) in [6.45, 7) is 4.05. The zero-order valence-electron chi connectivity index (χ0n) is 9.62. The lowest BCUT2D eigenvalue weighted by molar-refractivity contribution is 0.0545. The Morgan fingerprint density at radius 3 is 3.12 bits per heavy atom. The fourth-order valence-electron chi connectivity index (χ4n) is 2.86. The maximum absolute atomic E-state index is 6.26. The second kappa shape index (κ2) is 3.47. The lowest BCUT2D eigenvalue weighted by Gasteiger charge is -2.38. The van der Waals surface area contributed by atoms with Gasteiger partial charge in [-0.2, -0.15) is 0 Å². The third-order valence-electron chi connectivity index (χ3n) is 3.76. The molecule has 2 unspecified atom stereocenters. The molecule has 3 heteroatoms. The van der Waals surface area contributed by atoms with Crippen LogP contribution in [-0.2, 0) is 0 Å². The van der Waals surface area contributed by atoms with Crippen LogP contribution in [0.1, 0.15) is 30.0 Å². The minimum absolute atomic E-state index is 0.0570. The van der Waals surface area contributed by atoms with Gasteiger partial charge in [0.25, 0.3) is 0 Å². The van der Waals surface area contributed by atoms with E-state index in [0.29, 0.717) is 0 Å². The van der Waals surface area contributed by atoms with Crippen LogP contribution in [0.25, 0.3) is 0 Å². The van der Waals surface area contributed by atoms with Gasteiger partial charge in [0.1, 0.15) is 11.4 Å². The predicted molar refractivity (Wildman–Crippen MR) is 63.6 cm³/mol. The van der Waals surface area contributed by atoms with Crippen molar-refractivity contribution < 1.29 is 4.74 Å². The second-order valence-corrected chi connectivity index (χ2v) is 5.02. The molecule has 1 saturated heterocycles. The molecule has 0 saturated carbocycles. The number of nitrogens with two attached hydrogens (primary N) is 1. The molecule has 16 heavy (non-hydrogen) atoms. The average Bonchev–Trinajstić information content (AvgIpc) is 2.68. The van der Waals surface area contributed by atoms with Gasteiger partial charge in [0.2, 0.25) is 0 Å². The maximum Gasteiger partial charge on any atom is 0.127 e. The molecule has 1 aromatic carbocycles. The molecule has 1 aromatic rings. The largest absolute Gasteiger partial charge is 0.485 e. The summed E-state index contributed by atoms with van der Waals surface area (Å²) in [4.78, 5) is 0. The van der Waals surface area contributed by atoms with Crippen molar-refractivity contribution in [2.75, 3.05) is 13.1 Å². The van der Waals surface area contributed by atoms with E-state index >= 15 is 0 Å². The number of hydrogen-bond acceptors (Lipinski definition) is 3. The Morgan fingerprint density at radius 1 is 1.50 bits per heavy atom. The molecule has 2 aliphatic rings. The van der Waals surface area contributed by atoms with Crippen LogP contribution in [0.5, 0.6) is 5.75 Å². The van der Waals surface area contributed by atoms with Crippen LogP contribution in [0, 0.1) is 6.92 Å². The molecule has 0 bridgehead atoms. The number of benzene rings is 1. The molecule has 3 nitrogen and oxygen atoms in total. The zero-order chi connectivity index (χ0) is 11.2. The van der Waals surface area contributed by atoms with Crippen molar-refractivity contribution in [3.63, 3.8) is 0 Å². The normalized spacial score (nSPS) is 32.5. The predicted octanol–water partition coefficient (Wildman–Crippen LogP) is 1.51. The summed E-state index contributed by atoms with van der Waals surface area (Å²) >= 11 is 0. The number of hydrogen-bond donors (Lipinski definition) is 2. The molecule has 0 radical (unpaired) electrons. The molecule has 0 aromatic heterocycles. The Bertz CT molecular complexity index is 410. The van der Waals surface area contributed by atoms with Crippen LogP contribution in [-0.4, -0.2) is 18.7 Å². The van der Waals surface area contributed by atoms with Crippen LogP contribution >= 0.6 is 0 Å². The van der Waals surface area contributed by atoms with E-state index in [0.717, 1.165) is 37.2 Å². The number of fused-ring (bicyclic) bond motifs is 1. The van der Waals surface area contributed by atoms with Crippen molar-refractivity contribution in [3.8, 4) is 5.75 Å². The van der Waals surface area contributed by atoms with E-state index in [4.69, 9.17) is 10.5 Å². The van der Waals surface area contributed by atoms with Gasteiger partial charge in [-0.15, -0.1) is 0 Å². The quantitative estimate of drug-likeness (QED) is 0.694. The average molecular weight is 218 g/mol. The molecule has 2 atom stereocenters. The Labute approximate surface area is 96.0 Å². The van der Waals surface area contributed by atoms with Gasteiger partial charge in [-0.3, -0.25) is 0 Å². The first-order chi connectivity index (χ1) is 7.70. The molecule has 3 rings (SSSR count). The second-order valence-electron chi connectivity index (χ2n) is 5.02. The van der Waals surface area contributed by atoms with Crippen molar-refractivity contribution >= 4 is 0 Å². The van der Waals surface area contributed by atoms with E-state index < -0.39 is 0 Å². The van der Waals surface area contributed by atoms with E-state index in [9.17, 15) is 0 Å². The highest BCUT2D eigenvalue weighted by atomic mass is 16.5. The van der Waals surface area contributed by atoms with Gasteiger partial charge in [0.15, 0.2) is 0 Å². The van der Waals surface area contributed by atoms with E-state index in [-0.39, 0.29) is 11.6 Å². The topological polar surface area (TPSA) is 47.3 Å². The first-order valence-corrected chi connectivity index (χ1v) is 5.95. The number of nitrogens with one attached hydrogen (secondary N) is 1. The van der Waals surface area contributed by atoms with Crippen LogP contribution in [0.15, 0.2) is 18.2 Å². The molecule has 1 spiro atoms. The lowest BCUT2D eigenvalue weighted by Crippen LogP contribution is -2.44. The minimum atomic E-state index is -0.0570. The Hall–Kier alpha value is -1.06. The summed E-state index contributed by atoms with van der Waals surface area (Å²) in [5.74, 6) is 1.02. The van der Waals surface area contributed by atoms with E-state index in [1.807, 2.05) is 0 Å². The van der Waals surface area contributed by atoms with Crippen LogP contribution < -0.4 is 15.8 Å². The van der Waals surface area contributed by atoms with Gasteiger partial charge >= 0.3 is 0 Å². The Kier molecular flexibility index (Phi) is 2.19. The number of rotatable bonds is 0. The molecule has 3 N–H and O–H groups in total. The summed E-state index contributed by atoms with van der Waals surface area (Å²) in [6, 6.07) is 6.35. The number of ether oxygens (including phenoxy) is 1. The molecule has 86 valence electrons. The zero-order valence-corrected chi connectivity index (χ0v) is 9.62. The third-order valence-corrected chi connectivity index (χ3v) is 3.76. The van der Waals surface area contributed by atoms with Gasteiger partial charge in [0, 0.05) is 31.0 Å². The Morgan fingerprint density at radius 2 is 2.38 bits per heavy atom. The lowest BCUT2D eigenvalue weighted by atomic mass is 9.86. The van der Waals surface area contributed by atoms with Gasteiger partial charge in [-0.25, -0.2) is 0 Å². The van der Waals surface area contributed by atoms with E-state index in [1.54, 1.807) is 0 Å². The van der Waals surface area contributed by atoms with Crippen molar-refractivity contribution in [1.82, 2.24) is 5.32 Å². The summed E-state index contributed by atoms with van der Waals surface area (Å²) in [5, 5.41) is 3.37. The SMILES string of the molecule is Cc1cccc2c1OC1(CCNC1)CC2N. The van der Waals surface area contributed by atoms with Crippen molar-refractivity contribution in [1.29, 1.82) is 0 Å². The van der Waals surface area contributed by atoms with Crippen LogP contribution in [0.2, 0.25) is 0 Å². The van der Waals surface area contributed by atoms with Crippen LogP contribution in [0.4, 0.5) is 0 Å². The van der Waals surface area contributed by atoms with Crippen LogP contribution in [0.3, 0.4) is 0 Å². The van der Waals surface area contributed by atoms with E-state index in [2.05, 4.69) is 30.4 Å². The number of aryl methyl sites for hydroxylation is 1. The smallest absolute Gasteiger partial charge is 0.127 e. The molecule has 1 fully saturated rings. The maximum atomic E-state index is 6.26.